The summed E-state index contributed by atoms with van der Waals surface area (Å²) in [6.45, 7) is 8.23. The molecule has 0 aromatic rings. The molecule has 1 fully saturated rings. The minimum atomic E-state index is -0.299. The van der Waals surface area contributed by atoms with Crippen LogP contribution in [0.2, 0.25) is 0 Å². The SMILES string of the molecule is CCC1CCCCC1C(=O)OC(C)(C)CC. The molecule has 0 bridgehead atoms. The largest absolute Gasteiger partial charge is 0.459 e. The Bertz CT molecular complexity index is 233. The normalized spacial score (nSPS) is 26.5. The molecule has 1 rings (SSSR count). The van der Waals surface area contributed by atoms with Crippen LogP contribution in [0.3, 0.4) is 0 Å². The lowest BCUT2D eigenvalue weighted by Gasteiger charge is -2.32. The van der Waals surface area contributed by atoms with E-state index in [1.54, 1.807) is 0 Å². The zero-order valence-corrected chi connectivity index (χ0v) is 11.2. The maximum atomic E-state index is 12.1. The van der Waals surface area contributed by atoms with Gasteiger partial charge in [-0.15, -0.1) is 0 Å². The maximum Gasteiger partial charge on any atom is 0.309 e. The second-order valence-electron chi connectivity index (χ2n) is 5.59. The second kappa shape index (κ2) is 5.70. The minimum absolute atomic E-state index is 0.0402. The number of hydrogen-bond acceptors (Lipinski definition) is 2. The predicted molar refractivity (Wildman–Crippen MR) is 66.2 cm³/mol. The average Bonchev–Trinajstić information content (AvgIpc) is 2.28. The molecule has 1 aliphatic carbocycles. The van der Waals surface area contributed by atoms with Gasteiger partial charge >= 0.3 is 5.97 Å². The van der Waals surface area contributed by atoms with Crippen molar-refractivity contribution in [3.63, 3.8) is 0 Å². The van der Waals surface area contributed by atoms with Gasteiger partial charge in [0.2, 0.25) is 0 Å². The summed E-state index contributed by atoms with van der Waals surface area (Å²) in [6, 6.07) is 0. The Labute approximate surface area is 99.8 Å². The third-order valence-electron chi connectivity index (χ3n) is 3.96. The topological polar surface area (TPSA) is 26.3 Å². The highest BCUT2D eigenvalue weighted by Crippen LogP contribution is 2.34. The maximum absolute atomic E-state index is 12.1. The van der Waals surface area contributed by atoms with Crippen molar-refractivity contribution in [3.05, 3.63) is 0 Å². The Morgan fingerprint density at radius 2 is 1.88 bits per heavy atom. The van der Waals surface area contributed by atoms with E-state index in [-0.39, 0.29) is 17.5 Å². The van der Waals surface area contributed by atoms with E-state index in [4.69, 9.17) is 4.74 Å². The highest BCUT2D eigenvalue weighted by atomic mass is 16.6. The monoisotopic (exact) mass is 226 g/mol. The van der Waals surface area contributed by atoms with Crippen molar-refractivity contribution in [2.75, 3.05) is 0 Å². The van der Waals surface area contributed by atoms with Gasteiger partial charge in [0.1, 0.15) is 5.60 Å². The molecule has 0 aromatic heterocycles. The van der Waals surface area contributed by atoms with E-state index in [9.17, 15) is 4.79 Å². The van der Waals surface area contributed by atoms with Gasteiger partial charge in [-0.3, -0.25) is 4.79 Å². The van der Waals surface area contributed by atoms with Crippen LogP contribution in [0.5, 0.6) is 0 Å². The standard InChI is InChI=1S/C14H26O2/c1-5-11-9-7-8-10-12(11)13(15)16-14(3,4)6-2/h11-12H,5-10H2,1-4H3. The summed E-state index contributed by atoms with van der Waals surface area (Å²) in [5.41, 5.74) is -0.299. The number of ether oxygens (including phenoxy) is 1. The smallest absolute Gasteiger partial charge is 0.309 e. The van der Waals surface area contributed by atoms with Gasteiger partial charge in [-0.25, -0.2) is 0 Å². The minimum Gasteiger partial charge on any atom is -0.459 e. The van der Waals surface area contributed by atoms with Crippen LogP contribution in [-0.4, -0.2) is 11.6 Å². The molecule has 0 heterocycles. The number of carbonyl (C=O) groups is 1. The molecule has 2 unspecified atom stereocenters. The summed E-state index contributed by atoms with van der Waals surface area (Å²) < 4.78 is 5.62. The first kappa shape index (κ1) is 13.5. The van der Waals surface area contributed by atoms with E-state index < -0.39 is 0 Å². The third-order valence-corrected chi connectivity index (χ3v) is 3.96. The molecule has 0 radical (unpaired) electrons. The highest BCUT2D eigenvalue weighted by molar-refractivity contribution is 5.73. The van der Waals surface area contributed by atoms with E-state index in [0.717, 1.165) is 19.3 Å². The highest BCUT2D eigenvalue weighted by Gasteiger charge is 2.33. The van der Waals surface area contributed by atoms with E-state index in [2.05, 4.69) is 13.8 Å². The van der Waals surface area contributed by atoms with Crippen molar-refractivity contribution < 1.29 is 9.53 Å². The molecular weight excluding hydrogens is 200 g/mol. The molecule has 0 saturated heterocycles. The molecule has 94 valence electrons. The van der Waals surface area contributed by atoms with E-state index >= 15 is 0 Å². The predicted octanol–water partition coefficient (Wildman–Crippen LogP) is 3.93. The lowest BCUT2D eigenvalue weighted by molar-refractivity contribution is -0.165. The molecule has 1 saturated carbocycles. The summed E-state index contributed by atoms with van der Waals surface area (Å²) in [7, 11) is 0. The zero-order valence-electron chi connectivity index (χ0n) is 11.2. The first-order chi connectivity index (χ1) is 7.50. The fourth-order valence-electron chi connectivity index (χ4n) is 2.43. The Hall–Kier alpha value is -0.530. The first-order valence-corrected chi connectivity index (χ1v) is 6.73. The fourth-order valence-corrected chi connectivity index (χ4v) is 2.43. The Balaban J connectivity index is 2.57. The molecule has 0 amide bonds. The van der Waals surface area contributed by atoms with Gasteiger partial charge in [-0.2, -0.15) is 0 Å². The number of rotatable bonds is 4. The van der Waals surface area contributed by atoms with Crippen molar-refractivity contribution in [1.82, 2.24) is 0 Å². The molecule has 0 aliphatic heterocycles. The molecular formula is C14H26O2. The molecule has 0 spiro atoms. The molecule has 16 heavy (non-hydrogen) atoms. The number of esters is 1. The molecule has 1 aliphatic rings. The average molecular weight is 226 g/mol. The molecule has 2 nitrogen and oxygen atoms in total. The Kier molecular flexibility index (Phi) is 4.82. The molecule has 0 N–H and O–H groups in total. The van der Waals surface area contributed by atoms with Crippen LogP contribution in [-0.2, 0) is 9.53 Å². The van der Waals surface area contributed by atoms with E-state index in [1.807, 2.05) is 13.8 Å². The van der Waals surface area contributed by atoms with Gasteiger partial charge in [0.05, 0.1) is 5.92 Å². The van der Waals surface area contributed by atoms with Crippen LogP contribution in [0.15, 0.2) is 0 Å². The zero-order chi connectivity index (χ0) is 12.2. The summed E-state index contributed by atoms with van der Waals surface area (Å²) in [5.74, 6) is 0.747. The van der Waals surface area contributed by atoms with Crippen molar-refractivity contribution in [3.8, 4) is 0 Å². The Morgan fingerprint density at radius 1 is 1.25 bits per heavy atom. The van der Waals surface area contributed by atoms with Gasteiger partial charge < -0.3 is 4.74 Å². The molecule has 2 heteroatoms. The lowest BCUT2D eigenvalue weighted by atomic mass is 9.78. The first-order valence-electron chi connectivity index (χ1n) is 6.73. The van der Waals surface area contributed by atoms with Gasteiger partial charge in [0, 0.05) is 0 Å². The summed E-state index contributed by atoms with van der Waals surface area (Å²) in [6.07, 6.45) is 6.66. The fraction of sp³-hybridized carbons (Fsp3) is 0.929. The quantitative estimate of drug-likeness (QED) is 0.679. The van der Waals surface area contributed by atoms with Crippen LogP contribution < -0.4 is 0 Å². The van der Waals surface area contributed by atoms with Gasteiger partial charge in [0.25, 0.3) is 0 Å². The van der Waals surface area contributed by atoms with Crippen molar-refractivity contribution in [2.24, 2.45) is 11.8 Å². The van der Waals surface area contributed by atoms with Crippen molar-refractivity contribution >= 4 is 5.97 Å². The third kappa shape index (κ3) is 3.50. The second-order valence-corrected chi connectivity index (χ2v) is 5.59. The molecule has 0 aromatic carbocycles. The van der Waals surface area contributed by atoms with Gasteiger partial charge in [0.15, 0.2) is 0 Å². The van der Waals surface area contributed by atoms with Crippen molar-refractivity contribution in [1.29, 1.82) is 0 Å². The molecule has 2 atom stereocenters. The summed E-state index contributed by atoms with van der Waals surface area (Å²) in [4.78, 5) is 12.1. The number of hydrogen-bond donors (Lipinski definition) is 0. The van der Waals surface area contributed by atoms with E-state index in [0.29, 0.717) is 5.92 Å². The lowest BCUT2D eigenvalue weighted by Crippen LogP contribution is -2.35. The van der Waals surface area contributed by atoms with Gasteiger partial charge in [-0.1, -0.05) is 33.1 Å². The van der Waals surface area contributed by atoms with Crippen LogP contribution in [0.1, 0.15) is 66.2 Å². The summed E-state index contributed by atoms with van der Waals surface area (Å²) in [5, 5.41) is 0. The van der Waals surface area contributed by atoms with Crippen LogP contribution in [0.25, 0.3) is 0 Å². The van der Waals surface area contributed by atoms with Crippen LogP contribution in [0, 0.1) is 11.8 Å². The van der Waals surface area contributed by atoms with Crippen molar-refractivity contribution in [2.45, 2.75) is 71.8 Å². The van der Waals surface area contributed by atoms with Gasteiger partial charge in [-0.05, 0) is 39.0 Å². The summed E-state index contributed by atoms with van der Waals surface area (Å²) >= 11 is 0. The van der Waals surface area contributed by atoms with E-state index in [1.165, 1.54) is 19.3 Å². The number of carbonyl (C=O) groups excluding carboxylic acids is 1. The van der Waals surface area contributed by atoms with Crippen LogP contribution in [0.4, 0.5) is 0 Å². The van der Waals surface area contributed by atoms with Crippen LogP contribution >= 0.6 is 0 Å². The Morgan fingerprint density at radius 3 is 2.44 bits per heavy atom.